The van der Waals surface area contributed by atoms with Gasteiger partial charge in [-0.25, -0.2) is 4.79 Å². The molecule has 0 saturated heterocycles. The van der Waals surface area contributed by atoms with Gasteiger partial charge in [-0.05, 0) is 49.6 Å². The number of rotatable bonds is 7. The second-order valence-corrected chi connectivity index (χ2v) is 7.52. The minimum atomic E-state index is -0.443. The van der Waals surface area contributed by atoms with Crippen molar-refractivity contribution in [2.45, 2.75) is 33.6 Å². The zero-order chi connectivity index (χ0) is 22.7. The summed E-state index contributed by atoms with van der Waals surface area (Å²) in [4.78, 5) is 25.2. The molecule has 0 fully saturated rings. The molecule has 32 heavy (non-hydrogen) atoms. The Balaban J connectivity index is 1.78. The molecule has 4 rings (SSSR count). The van der Waals surface area contributed by atoms with Gasteiger partial charge in [-0.1, -0.05) is 19.4 Å². The molecule has 1 aliphatic rings. The van der Waals surface area contributed by atoms with Crippen molar-refractivity contribution in [3.63, 3.8) is 0 Å². The lowest BCUT2D eigenvalue weighted by molar-refractivity contribution is -0.145. The zero-order valence-corrected chi connectivity index (χ0v) is 18.5. The molecule has 0 spiro atoms. The molecule has 0 N–H and O–H groups in total. The Hall–Kier alpha value is -3.48. The molecule has 2 aromatic carbocycles. The van der Waals surface area contributed by atoms with Gasteiger partial charge in [0.25, 0.3) is 0 Å². The van der Waals surface area contributed by atoms with Crippen LogP contribution < -0.4 is 19.6 Å². The van der Waals surface area contributed by atoms with Gasteiger partial charge in [-0.2, -0.15) is 0 Å². The quantitative estimate of drug-likeness (QED) is 0.505. The minimum Gasteiger partial charge on any atom is -0.486 e. The molecule has 1 aliphatic heterocycles. The molecule has 0 radical (unpaired) electrons. The van der Waals surface area contributed by atoms with Crippen LogP contribution in [0.25, 0.3) is 22.1 Å². The summed E-state index contributed by atoms with van der Waals surface area (Å²) in [6, 6.07) is 8.93. The number of aryl methyl sites for hydroxylation is 2. The van der Waals surface area contributed by atoms with Crippen LogP contribution in [0.1, 0.15) is 31.6 Å². The Morgan fingerprint density at radius 2 is 1.84 bits per heavy atom. The van der Waals surface area contributed by atoms with E-state index in [4.69, 9.17) is 23.4 Å². The minimum absolute atomic E-state index is 0.130. The van der Waals surface area contributed by atoms with E-state index in [1.54, 1.807) is 26.0 Å². The van der Waals surface area contributed by atoms with Gasteiger partial charge < -0.3 is 23.4 Å². The van der Waals surface area contributed by atoms with Gasteiger partial charge in [0.05, 0.1) is 17.6 Å². The molecule has 0 unspecified atom stereocenters. The lowest BCUT2D eigenvalue weighted by atomic mass is 9.99. The van der Waals surface area contributed by atoms with Crippen molar-refractivity contribution in [2.75, 3.05) is 26.4 Å². The van der Waals surface area contributed by atoms with Gasteiger partial charge in [-0.3, -0.25) is 4.79 Å². The number of carbonyl (C=O) groups excluding carboxylic acids is 1. The van der Waals surface area contributed by atoms with Crippen LogP contribution in [0.4, 0.5) is 0 Å². The number of fused-ring (bicyclic) bond motifs is 2. The van der Waals surface area contributed by atoms with E-state index in [9.17, 15) is 9.59 Å². The first-order valence-corrected chi connectivity index (χ1v) is 10.8. The Kier molecular flexibility index (Phi) is 6.35. The number of esters is 1. The Morgan fingerprint density at radius 1 is 1.06 bits per heavy atom. The normalized spacial score (nSPS) is 12.6. The summed E-state index contributed by atoms with van der Waals surface area (Å²) < 4.78 is 27.9. The molecule has 1 aromatic heterocycles. The van der Waals surface area contributed by atoms with Crippen LogP contribution >= 0.6 is 0 Å². The van der Waals surface area contributed by atoms with Gasteiger partial charge in [0.2, 0.25) is 5.43 Å². The highest BCUT2D eigenvalue weighted by Crippen LogP contribution is 2.36. The van der Waals surface area contributed by atoms with Gasteiger partial charge in [0.1, 0.15) is 30.3 Å². The van der Waals surface area contributed by atoms with E-state index in [1.165, 1.54) is 0 Å². The molecule has 168 valence electrons. The van der Waals surface area contributed by atoms with Crippen molar-refractivity contribution in [1.82, 2.24) is 0 Å². The number of hydrogen-bond donors (Lipinski definition) is 0. The first-order valence-electron chi connectivity index (χ1n) is 10.8. The van der Waals surface area contributed by atoms with Crippen LogP contribution in [0.15, 0.2) is 39.5 Å². The van der Waals surface area contributed by atoms with Crippen molar-refractivity contribution in [1.29, 1.82) is 0 Å². The van der Waals surface area contributed by atoms with Gasteiger partial charge >= 0.3 is 5.97 Å². The van der Waals surface area contributed by atoms with Gasteiger partial charge in [0.15, 0.2) is 18.1 Å². The summed E-state index contributed by atoms with van der Waals surface area (Å²) in [6.45, 7) is 6.60. The lowest BCUT2D eigenvalue weighted by Gasteiger charge is -2.19. The van der Waals surface area contributed by atoms with E-state index >= 15 is 0 Å². The molecule has 7 heteroatoms. The molecule has 0 amide bonds. The van der Waals surface area contributed by atoms with E-state index in [0.29, 0.717) is 71.3 Å². The highest BCUT2D eigenvalue weighted by molar-refractivity contribution is 5.85. The molecular formula is C25H26O7. The summed E-state index contributed by atoms with van der Waals surface area (Å²) >= 11 is 0. The molecule has 0 bridgehead atoms. The SMILES string of the molecule is CCCc1cc2c(=O)c(-c3ccc4c(c3)OCCO4)c(C)oc2cc1OCC(=O)OCC. The average Bonchev–Trinajstić information content (AvgIpc) is 2.78. The third-order valence-corrected chi connectivity index (χ3v) is 5.25. The molecule has 0 saturated carbocycles. The van der Waals surface area contributed by atoms with Gasteiger partial charge in [0, 0.05) is 6.07 Å². The summed E-state index contributed by atoms with van der Waals surface area (Å²) in [6.07, 6.45) is 1.55. The standard InChI is InChI=1S/C25H26O7/c1-4-6-16-11-18-21(13-20(16)31-14-23(26)28-5-2)32-15(3)24(25(18)27)17-7-8-19-22(12-17)30-10-9-29-19/h7-8,11-13H,4-6,9-10,14H2,1-3H3. The van der Waals surface area contributed by atoms with E-state index in [0.717, 1.165) is 12.0 Å². The first-order chi connectivity index (χ1) is 15.5. The van der Waals surface area contributed by atoms with Crippen molar-refractivity contribution in [2.24, 2.45) is 0 Å². The predicted octanol–water partition coefficient (Wildman–Crippen LogP) is 4.43. The van der Waals surface area contributed by atoms with Crippen LogP contribution in [0.2, 0.25) is 0 Å². The molecular weight excluding hydrogens is 412 g/mol. The van der Waals surface area contributed by atoms with Crippen LogP contribution in [0.3, 0.4) is 0 Å². The van der Waals surface area contributed by atoms with Crippen molar-refractivity contribution in [3.05, 3.63) is 51.9 Å². The summed E-state index contributed by atoms with van der Waals surface area (Å²) in [5, 5.41) is 0.465. The number of benzene rings is 2. The van der Waals surface area contributed by atoms with E-state index < -0.39 is 5.97 Å². The highest BCUT2D eigenvalue weighted by atomic mass is 16.6. The topological polar surface area (TPSA) is 84.2 Å². The predicted molar refractivity (Wildman–Crippen MR) is 120 cm³/mol. The van der Waals surface area contributed by atoms with E-state index in [1.807, 2.05) is 25.1 Å². The fourth-order valence-electron chi connectivity index (χ4n) is 3.85. The molecule has 0 aliphatic carbocycles. The van der Waals surface area contributed by atoms with E-state index in [2.05, 4.69) is 0 Å². The fourth-order valence-corrected chi connectivity index (χ4v) is 3.85. The van der Waals surface area contributed by atoms with Gasteiger partial charge in [-0.15, -0.1) is 0 Å². The third-order valence-electron chi connectivity index (χ3n) is 5.25. The Morgan fingerprint density at radius 3 is 2.59 bits per heavy atom. The number of carbonyl (C=O) groups is 1. The summed E-state index contributed by atoms with van der Waals surface area (Å²) in [7, 11) is 0. The smallest absolute Gasteiger partial charge is 0.344 e. The highest BCUT2D eigenvalue weighted by Gasteiger charge is 2.19. The average molecular weight is 438 g/mol. The Bertz CT molecular complexity index is 1210. The van der Waals surface area contributed by atoms with Crippen LogP contribution in [0, 0.1) is 6.92 Å². The van der Waals surface area contributed by atoms with Crippen LogP contribution in [0.5, 0.6) is 17.2 Å². The Labute approximate surface area is 185 Å². The number of hydrogen-bond acceptors (Lipinski definition) is 7. The second kappa shape index (κ2) is 9.34. The maximum Gasteiger partial charge on any atom is 0.344 e. The zero-order valence-electron chi connectivity index (χ0n) is 18.5. The van der Waals surface area contributed by atoms with Crippen LogP contribution in [-0.2, 0) is 16.0 Å². The monoisotopic (exact) mass is 438 g/mol. The summed E-state index contributed by atoms with van der Waals surface area (Å²) in [5.74, 6) is 1.83. The maximum atomic E-state index is 13.5. The largest absolute Gasteiger partial charge is 0.486 e. The molecule has 2 heterocycles. The van der Waals surface area contributed by atoms with Crippen molar-refractivity contribution in [3.8, 4) is 28.4 Å². The first kappa shape index (κ1) is 21.7. The number of ether oxygens (including phenoxy) is 4. The van der Waals surface area contributed by atoms with Crippen LogP contribution in [-0.4, -0.2) is 32.4 Å². The molecule has 0 atom stereocenters. The van der Waals surface area contributed by atoms with Crippen molar-refractivity contribution >= 4 is 16.9 Å². The molecule has 3 aromatic rings. The van der Waals surface area contributed by atoms with E-state index in [-0.39, 0.29) is 12.0 Å². The molecule has 7 nitrogen and oxygen atoms in total. The fraction of sp³-hybridized carbons (Fsp3) is 0.360. The third kappa shape index (κ3) is 4.28. The lowest BCUT2D eigenvalue weighted by Crippen LogP contribution is -2.16. The second-order valence-electron chi connectivity index (χ2n) is 7.52. The van der Waals surface area contributed by atoms with Crippen molar-refractivity contribution < 1.29 is 28.2 Å². The summed E-state index contributed by atoms with van der Waals surface area (Å²) in [5.41, 5.74) is 2.31. The maximum absolute atomic E-state index is 13.5.